The monoisotopic (exact) mass is 371 g/mol. The molecule has 1 aliphatic heterocycles. The summed E-state index contributed by atoms with van der Waals surface area (Å²) in [5, 5.41) is 13.9. The van der Waals surface area contributed by atoms with Gasteiger partial charge in [0.1, 0.15) is 11.6 Å². The van der Waals surface area contributed by atoms with Gasteiger partial charge in [-0.25, -0.2) is 9.37 Å². The lowest BCUT2D eigenvalue weighted by atomic mass is 10.1. The SMILES string of the molecule is Cc1cnn(C)c1-c1cc(N2CCOCC2C)nc(Nc2ccn[nH]2)c1F. The molecule has 1 fully saturated rings. The average Bonchev–Trinajstić information content (AvgIpc) is 3.27. The second-order valence-electron chi connectivity index (χ2n) is 6.70. The first-order chi connectivity index (χ1) is 13.0. The van der Waals surface area contributed by atoms with E-state index in [0.717, 1.165) is 11.3 Å². The van der Waals surface area contributed by atoms with Gasteiger partial charge >= 0.3 is 0 Å². The minimum Gasteiger partial charge on any atom is -0.377 e. The molecule has 0 amide bonds. The van der Waals surface area contributed by atoms with E-state index in [1.165, 1.54) is 0 Å². The van der Waals surface area contributed by atoms with Crippen molar-refractivity contribution in [3.63, 3.8) is 0 Å². The summed E-state index contributed by atoms with van der Waals surface area (Å²) in [6.07, 6.45) is 3.33. The van der Waals surface area contributed by atoms with Crippen LogP contribution >= 0.6 is 0 Å². The van der Waals surface area contributed by atoms with Gasteiger partial charge in [0.25, 0.3) is 0 Å². The molecular weight excluding hydrogens is 349 g/mol. The van der Waals surface area contributed by atoms with E-state index >= 15 is 4.39 Å². The first-order valence-corrected chi connectivity index (χ1v) is 8.85. The van der Waals surface area contributed by atoms with Crippen LogP contribution in [0.2, 0.25) is 0 Å². The number of pyridine rings is 1. The van der Waals surface area contributed by atoms with E-state index in [2.05, 4.69) is 37.4 Å². The van der Waals surface area contributed by atoms with E-state index < -0.39 is 5.82 Å². The fourth-order valence-electron chi connectivity index (χ4n) is 3.37. The van der Waals surface area contributed by atoms with Crippen molar-refractivity contribution in [2.45, 2.75) is 19.9 Å². The van der Waals surface area contributed by atoms with Gasteiger partial charge < -0.3 is 15.0 Å². The van der Waals surface area contributed by atoms with Crippen molar-refractivity contribution in [2.24, 2.45) is 7.05 Å². The fourth-order valence-corrected chi connectivity index (χ4v) is 3.37. The lowest BCUT2D eigenvalue weighted by Gasteiger charge is -2.34. The number of nitrogens with one attached hydrogen (secondary N) is 2. The van der Waals surface area contributed by atoms with Crippen LogP contribution in [0.1, 0.15) is 12.5 Å². The molecule has 1 atom stereocenters. The molecule has 0 radical (unpaired) electrons. The quantitative estimate of drug-likeness (QED) is 0.734. The number of anilines is 3. The Hall–Kier alpha value is -2.94. The molecule has 1 unspecified atom stereocenters. The molecule has 4 heterocycles. The third-order valence-corrected chi connectivity index (χ3v) is 4.74. The Labute approximate surface area is 156 Å². The Balaban J connectivity index is 1.85. The van der Waals surface area contributed by atoms with Gasteiger partial charge in [0.15, 0.2) is 11.6 Å². The van der Waals surface area contributed by atoms with Gasteiger partial charge in [0, 0.05) is 25.2 Å². The Kier molecular flexibility index (Phi) is 4.53. The number of aromatic nitrogens is 5. The molecule has 1 aliphatic rings. The van der Waals surface area contributed by atoms with Gasteiger partial charge in [-0.15, -0.1) is 0 Å². The fraction of sp³-hybridized carbons (Fsp3) is 0.389. The van der Waals surface area contributed by atoms with Crippen LogP contribution in [0, 0.1) is 12.7 Å². The van der Waals surface area contributed by atoms with Crippen molar-refractivity contribution in [2.75, 3.05) is 30.0 Å². The molecule has 0 aromatic carbocycles. The van der Waals surface area contributed by atoms with Crippen molar-refractivity contribution in [3.05, 3.63) is 35.9 Å². The van der Waals surface area contributed by atoms with Crippen LogP contribution in [0.4, 0.5) is 21.8 Å². The topological polar surface area (TPSA) is 83.9 Å². The zero-order chi connectivity index (χ0) is 19.0. The Morgan fingerprint density at radius 2 is 2.26 bits per heavy atom. The van der Waals surface area contributed by atoms with Gasteiger partial charge in [-0.2, -0.15) is 10.2 Å². The van der Waals surface area contributed by atoms with Crippen LogP contribution < -0.4 is 10.2 Å². The summed E-state index contributed by atoms with van der Waals surface area (Å²) in [5.41, 5.74) is 2.08. The predicted molar refractivity (Wildman–Crippen MR) is 101 cm³/mol. The lowest BCUT2D eigenvalue weighted by Crippen LogP contribution is -2.44. The molecule has 0 spiro atoms. The predicted octanol–water partition coefficient (Wildman–Crippen LogP) is 2.62. The van der Waals surface area contributed by atoms with Crippen molar-refractivity contribution in [1.29, 1.82) is 0 Å². The number of aromatic amines is 1. The second-order valence-corrected chi connectivity index (χ2v) is 6.70. The van der Waals surface area contributed by atoms with Gasteiger partial charge in [0.05, 0.1) is 37.3 Å². The van der Waals surface area contributed by atoms with Crippen molar-refractivity contribution in [3.8, 4) is 11.3 Å². The molecule has 27 heavy (non-hydrogen) atoms. The molecule has 0 aliphatic carbocycles. The van der Waals surface area contributed by atoms with E-state index in [0.29, 0.717) is 37.0 Å². The smallest absolute Gasteiger partial charge is 0.175 e. The van der Waals surface area contributed by atoms with Crippen LogP contribution in [0.25, 0.3) is 11.3 Å². The molecule has 2 N–H and O–H groups in total. The number of nitrogens with zero attached hydrogens (tertiary/aromatic N) is 5. The van der Waals surface area contributed by atoms with Gasteiger partial charge in [-0.3, -0.25) is 9.78 Å². The van der Waals surface area contributed by atoms with Gasteiger partial charge in [0.2, 0.25) is 0 Å². The van der Waals surface area contributed by atoms with E-state index in [-0.39, 0.29) is 11.9 Å². The third kappa shape index (κ3) is 3.25. The van der Waals surface area contributed by atoms with Crippen LogP contribution in [-0.4, -0.2) is 50.8 Å². The van der Waals surface area contributed by atoms with Crippen LogP contribution in [-0.2, 0) is 11.8 Å². The Morgan fingerprint density at radius 1 is 1.41 bits per heavy atom. The maximum Gasteiger partial charge on any atom is 0.175 e. The number of rotatable bonds is 4. The molecule has 0 saturated carbocycles. The molecule has 3 aromatic rings. The number of hydrogen-bond donors (Lipinski definition) is 2. The minimum absolute atomic E-state index is 0.144. The molecule has 9 heteroatoms. The molecule has 0 bridgehead atoms. The first kappa shape index (κ1) is 17.5. The van der Waals surface area contributed by atoms with E-state index in [1.807, 2.05) is 6.92 Å². The number of aryl methyl sites for hydroxylation is 2. The standard InChI is InChI=1S/C18H22FN7O/c1-11-9-21-25(3)17(11)13-8-15(26-6-7-27-10-12(26)2)23-18(16(13)19)22-14-4-5-20-24-14/h4-5,8-9,12H,6-7,10H2,1-3H3,(H2,20,22,23,24). The normalized spacial score (nSPS) is 17.3. The van der Waals surface area contributed by atoms with Crippen molar-refractivity contribution in [1.82, 2.24) is 25.0 Å². The molecular formula is C18H22FN7O. The Bertz CT molecular complexity index is 918. The number of hydrogen-bond acceptors (Lipinski definition) is 6. The zero-order valence-corrected chi connectivity index (χ0v) is 15.5. The van der Waals surface area contributed by atoms with Crippen LogP contribution in [0.3, 0.4) is 0 Å². The first-order valence-electron chi connectivity index (χ1n) is 8.85. The van der Waals surface area contributed by atoms with Crippen molar-refractivity contribution < 1.29 is 9.13 Å². The summed E-state index contributed by atoms with van der Waals surface area (Å²) in [4.78, 5) is 6.69. The third-order valence-electron chi connectivity index (χ3n) is 4.74. The summed E-state index contributed by atoms with van der Waals surface area (Å²) in [7, 11) is 1.81. The van der Waals surface area contributed by atoms with Crippen LogP contribution in [0.5, 0.6) is 0 Å². The summed E-state index contributed by atoms with van der Waals surface area (Å²) < 4.78 is 22.6. The molecule has 4 rings (SSSR count). The highest BCUT2D eigenvalue weighted by molar-refractivity contribution is 5.73. The zero-order valence-electron chi connectivity index (χ0n) is 15.5. The largest absolute Gasteiger partial charge is 0.377 e. The summed E-state index contributed by atoms with van der Waals surface area (Å²) >= 11 is 0. The second kappa shape index (κ2) is 6.99. The summed E-state index contributed by atoms with van der Waals surface area (Å²) in [6.45, 7) is 5.92. The van der Waals surface area contributed by atoms with Crippen LogP contribution in [0.15, 0.2) is 24.5 Å². The van der Waals surface area contributed by atoms with E-state index in [1.54, 1.807) is 36.3 Å². The summed E-state index contributed by atoms with van der Waals surface area (Å²) in [5.74, 6) is 0.984. The lowest BCUT2D eigenvalue weighted by molar-refractivity contribution is 0.0985. The number of morpholine rings is 1. The van der Waals surface area contributed by atoms with Crippen molar-refractivity contribution >= 4 is 17.5 Å². The number of halogens is 1. The van der Waals surface area contributed by atoms with Gasteiger partial charge in [-0.1, -0.05) is 0 Å². The minimum atomic E-state index is -0.430. The van der Waals surface area contributed by atoms with E-state index in [9.17, 15) is 0 Å². The number of ether oxygens (including phenoxy) is 1. The number of H-pyrrole nitrogens is 1. The maximum atomic E-state index is 15.4. The highest BCUT2D eigenvalue weighted by Crippen LogP contribution is 2.34. The summed E-state index contributed by atoms with van der Waals surface area (Å²) in [6, 6.07) is 3.66. The highest BCUT2D eigenvalue weighted by Gasteiger charge is 2.25. The Morgan fingerprint density at radius 3 is 2.93 bits per heavy atom. The molecule has 3 aromatic heterocycles. The molecule has 1 saturated heterocycles. The average molecular weight is 371 g/mol. The molecule has 8 nitrogen and oxygen atoms in total. The molecule has 142 valence electrons. The van der Waals surface area contributed by atoms with E-state index in [4.69, 9.17) is 4.74 Å². The maximum absolute atomic E-state index is 15.4. The highest BCUT2D eigenvalue weighted by atomic mass is 19.1. The van der Waals surface area contributed by atoms with Gasteiger partial charge in [-0.05, 0) is 25.5 Å².